The van der Waals surface area contributed by atoms with Crippen LogP contribution < -0.4 is 10.6 Å². The Morgan fingerprint density at radius 2 is 1.53 bits per heavy atom. The number of fused-ring (bicyclic) bond motifs is 1. The molecule has 3 N–H and O–H groups in total. The number of amides is 2. The number of aryl methyl sites for hydroxylation is 1. The highest BCUT2D eigenvalue weighted by Crippen LogP contribution is 2.28. The lowest BCUT2D eigenvalue weighted by molar-refractivity contribution is 0.0951. The van der Waals surface area contributed by atoms with Crippen molar-refractivity contribution in [2.45, 2.75) is 13.3 Å². The van der Waals surface area contributed by atoms with Crippen molar-refractivity contribution in [1.29, 1.82) is 0 Å². The van der Waals surface area contributed by atoms with E-state index < -0.39 is 0 Å². The first-order chi connectivity index (χ1) is 14.6. The van der Waals surface area contributed by atoms with Gasteiger partial charge < -0.3 is 15.6 Å². The Morgan fingerprint density at radius 1 is 0.833 bits per heavy atom. The average Bonchev–Trinajstić information content (AvgIpc) is 3.13. The van der Waals surface area contributed by atoms with Crippen LogP contribution in [-0.2, 0) is 6.42 Å². The van der Waals surface area contributed by atoms with E-state index in [0.717, 1.165) is 28.5 Å². The number of nitrogens with one attached hydrogen (secondary N) is 3. The SMILES string of the molecule is Cc1ccc(C(=O)Nc2c(C(=O)NCCc3ccccc3)[nH]c3ccccc23)cc1. The number of anilines is 1. The van der Waals surface area contributed by atoms with Gasteiger partial charge in [-0.3, -0.25) is 9.59 Å². The molecule has 0 aliphatic rings. The number of para-hydroxylation sites is 1. The second-order valence-corrected chi connectivity index (χ2v) is 7.23. The van der Waals surface area contributed by atoms with E-state index in [2.05, 4.69) is 15.6 Å². The largest absolute Gasteiger partial charge is 0.350 e. The van der Waals surface area contributed by atoms with Crippen LogP contribution in [-0.4, -0.2) is 23.3 Å². The van der Waals surface area contributed by atoms with Crippen molar-refractivity contribution in [3.63, 3.8) is 0 Å². The molecule has 0 saturated carbocycles. The van der Waals surface area contributed by atoms with E-state index in [1.165, 1.54) is 0 Å². The minimum atomic E-state index is -0.252. The first-order valence-corrected chi connectivity index (χ1v) is 9.92. The monoisotopic (exact) mass is 397 g/mol. The molecular weight excluding hydrogens is 374 g/mol. The zero-order valence-electron chi connectivity index (χ0n) is 16.7. The van der Waals surface area contributed by atoms with E-state index in [-0.39, 0.29) is 11.8 Å². The maximum atomic E-state index is 12.9. The number of hydrogen-bond donors (Lipinski definition) is 3. The third-order valence-electron chi connectivity index (χ3n) is 5.03. The third kappa shape index (κ3) is 4.25. The van der Waals surface area contributed by atoms with Crippen LogP contribution in [0.2, 0.25) is 0 Å². The molecule has 5 heteroatoms. The lowest BCUT2D eigenvalue weighted by Gasteiger charge is -2.09. The Balaban J connectivity index is 1.55. The summed E-state index contributed by atoms with van der Waals surface area (Å²) in [6.45, 7) is 2.47. The van der Waals surface area contributed by atoms with Gasteiger partial charge in [-0.05, 0) is 37.1 Å². The van der Waals surface area contributed by atoms with Crippen LogP contribution in [0.25, 0.3) is 10.9 Å². The number of H-pyrrole nitrogens is 1. The molecule has 4 aromatic rings. The number of aromatic nitrogens is 1. The van der Waals surface area contributed by atoms with Gasteiger partial charge in [0, 0.05) is 23.0 Å². The summed E-state index contributed by atoms with van der Waals surface area (Å²) in [5, 5.41) is 6.67. The summed E-state index contributed by atoms with van der Waals surface area (Å²) in [5.41, 5.74) is 4.42. The van der Waals surface area contributed by atoms with Crippen molar-refractivity contribution in [2.75, 3.05) is 11.9 Å². The van der Waals surface area contributed by atoms with Gasteiger partial charge in [-0.15, -0.1) is 0 Å². The number of carbonyl (C=O) groups excluding carboxylic acids is 2. The highest BCUT2D eigenvalue weighted by Gasteiger charge is 2.20. The summed E-state index contributed by atoms with van der Waals surface area (Å²) in [6.07, 6.45) is 0.734. The van der Waals surface area contributed by atoms with E-state index in [1.807, 2.05) is 73.7 Å². The molecule has 0 saturated heterocycles. The predicted octanol–water partition coefficient (Wildman–Crippen LogP) is 4.70. The predicted molar refractivity (Wildman–Crippen MR) is 120 cm³/mol. The van der Waals surface area contributed by atoms with Crippen LogP contribution in [0.1, 0.15) is 32.0 Å². The molecule has 150 valence electrons. The minimum absolute atomic E-state index is 0.249. The van der Waals surface area contributed by atoms with Crippen LogP contribution in [0.4, 0.5) is 5.69 Å². The van der Waals surface area contributed by atoms with Crippen LogP contribution in [0, 0.1) is 6.92 Å². The number of carbonyl (C=O) groups is 2. The van der Waals surface area contributed by atoms with E-state index >= 15 is 0 Å². The van der Waals surface area contributed by atoms with Gasteiger partial charge in [0.1, 0.15) is 5.69 Å². The number of rotatable bonds is 6. The maximum absolute atomic E-state index is 12.9. The van der Waals surface area contributed by atoms with E-state index in [1.54, 1.807) is 12.1 Å². The lowest BCUT2D eigenvalue weighted by atomic mass is 10.1. The van der Waals surface area contributed by atoms with Gasteiger partial charge in [0.25, 0.3) is 11.8 Å². The highest BCUT2D eigenvalue weighted by molar-refractivity contribution is 6.15. The molecule has 0 aliphatic heterocycles. The van der Waals surface area contributed by atoms with Crippen LogP contribution in [0.15, 0.2) is 78.9 Å². The molecule has 0 bridgehead atoms. The Bertz CT molecular complexity index is 1180. The highest BCUT2D eigenvalue weighted by atomic mass is 16.2. The van der Waals surface area contributed by atoms with Crippen molar-refractivity contribution in [3.05, 3.63) is 101 Å². The molecule has 0 unspecified atom stereocenters. The first kappa shape index (κ1) is 19.5. The van der Waals surface area contributed by atoms with Crippen LogP contribution in [0.5, 0.6) is 0 Å². The van der Waals surface area contributed by atoms with Crippen LogP contribution >= 0.6 is 0 Å². The fourth-order valence-electron chi connectivity index (χ4n) is 3.39. The molecule has 2 amide bonds. The van der Waals surface area contributed by atoms with Crippen molar-refractivity contribution in [1.82, 2.24) is 10.3 Å². The Morgan fingerprint density at radius 3 is 2.30 bits per heavy atom. The van der Waals surface area contributed by atoms with E-state index in [4.69, 9.17) is 0 Å². The molecule has 5 nitrogen and oxygen atoms in total. The van der Waals surface area contributed by atoms with Gasteiger partial charge >= 0.3 is 0 Å². The van der Waals surface area contributed by atoms with Crippen molar-refractivity contribution >= 4 is 28.4 Å². The molecule has 1 heterocycles. The zero-order valence-corrected chi connectivity index (χ0v) is 16.7. The van der Waals surface area contributed by atoms with Crippen molar-refractivity contribution in [2.24, 2.45) is 0 Å². The standard InChI is InChI=1S/C25H23N3O2/c1-17-11-13-19(14-12-17)24(29)28-22-20-9-5-6-10-21(20)27-23(22)25(30)26-16-15-18-7-3-2-4-8-18/h2-14,27H,15-16H2,1H3,(H,26,30)(H,28,29). The molecule has 0 radical (unpaired) electrons. The van der Waals surface area contributed by atoms with Crippen molar-refractivity contribution in [3.8, 4) is 0 Å². The topological polar surface area (TPSA) is 74.0 Å². The van der Waals surface area contributed by atoms with Gasteiger partial charge in [0.15, 0.2) is 0 Å². The molecular formula is C25H23N3O2. The second kappa shape index (κ2) is 8.66. The Hall–Kier alpha value is -3.86. The van der Waals surface area contributed by atoms with Gasteiger partial charge in [0.05, 0.1) is 5.69 Å². The smallest absolute Gasteiger partial charge is 0.269 e. The summed E-state index contributed by atoms with van der Waals surface area (Å²) in [7, 11) is 0. The normalized spacial score (nSPS) is 10.7. The van der Waals surface area contributed by atoms with E-state index in [9.17, 15) is 9.59 Å². The average molecular weight is 397 g/mol. The fourth-order valence-corrected chi connectivity index (χ4v) is 3.39. The summed E-state index contributed by atoms with van der Waals surface area (Å²) < 4.78 is 0. The van der Waals surface area contributed by atoms with Gasteiger partial charge in [-0.1, -0.05) is 66.2 Å². The summed E-state index contributed by atoms with van der Waals surface area (Å²) in [4.78, 5) is 28.8. The van der Waals surface area contributed by atoms with Gasteiger partial charge in [-0.25, -0.2) is 0 Å². The molecule has 1 aromatic heterocycles. The fraction of sp³-hybridized carbons (Fsp3) is 0.120. The molecule has 0 spiro atoms. The van der Waals surface area contributed by atoms with Crippen LogP contribution in [0.3, 0.4) is 0 Å². The number of benzene rings is 3. The van der Waals surface area contributed by atoms with Gasteiger partial charge in [-0.2, -0.15) is 0 Å². The molecule has 4 rings (SSSR count). The first-order valence-electron chi connectivity index (χ1n) is 9.92. The third-order valence-corrected chi connectivity index (χ3v) is 5.03. The maximum Gasteiger partial charge on any atom is 0.269 e. The van der Waals surface area contributed by atoms with Gasteiger partial charge in [0.2, 0.25) is 0 Å². The summed E-state index contributed by atoms with van der Waals surface area (Å²) in [6, 6.07) is 24.9. The second-order valence-electron chi connectivity index (χ2n) is 7.23. The quantitative estimate of drug-likeness (QED) is 0.441. The molecule has 0 atom stereocenters. The van der Waals surface area contributed by atoms with E-state index in [0.29, 0.717) is 23.5 Å². The van der Waals surface area contributed by atoms with Crippen molar-refractivity contribution < 1.29 is 9.59 Å². The molecule has 0 fully saturated rings. The molecule has 0 aliphatic carbocycles. The summed E-state index contributed by atoms with van der Waals surface area (Å²) >= 11 is 0. The molecule has 3 aromatic carbocycles. The minimum Gasteiger partial charge on any atom is -0.350 e. The molecule has 30 heavy (non-hydrogen) atoms. The zero-order chi connectivity index (χ0) is 20.9. The Kier molecular flexibility index (Phi) is 5.61. The number of hydrogen-bond acceptors (Lipinski definition) is 2. The Labute approximate surface area is 175 Å². The number of aromatic amines is 1. The lowest BCUT2D eigenvalue weighted by Crippen LogP contribution is -2.27. The summed E-state index contributed by atoms with van der Waals surface area (Å²) in [5.74, 6) is -0.501.